The summed E-state index contributed by atoms with van der Waals surface area (Å²) in [6.07, 6.45) is 4.61. The van der Waals surface area contributed by atoms with E-state index in [0.29, 0.717) is 6.54 Å². The largest absolute Gasteiger partial charge is 0.483 e. The molecular formula is C20H23NO2. The summed E-state index contributed by atoms with van der Waals surface area (Å²) in [5.74, 6) is 0.787. The normalized spacial score (nSPS) is 13.3. The summed E-state index contributed by atoms with van der Waals surface area (Å²) in [6.45, 7) is 2.67. The van der Waals surface area contributed by atoms with Gasteiger partial charge in [-0.05, 0) is 60.9 Å². The quantitative estimate of drug-likeness (QED) is 0.917. The first kappa shape index (κ1) is 15.6. The van der Waals surface area contributed by atoms with Gasteiger partial charge in [0.1, 0.15) is 5.75 Å². The zero-order chi connectivity index (χ0) is 16.1. The maximum atomic E-state index is 12.0. The van der Waals surface area contributed by atoms with Crippen molar-refractivity contribution in [3.63, 3.8) is 0 Å². The summed E-state index contributed by atoms with van der Waals surface area (Å²) in [5.41, 5.74) is 4.98. The Bertz CT molecular complexity index is 694. The van der Waals surface area contributed by atoms with Crippen molar-refractivity contribution in [2.45, 2.75) is 39.2 Å². The molecule has 0 radical (unpaired) electrons. The average Bonchev–Trinajstić information content (AvgIpc) is 2.59. The van der Waals surface area contributed by atoms with Gasteiger partial charge in [-0.15, -0.1) is 0 Å². The highest BCUT2D eigenvalue weighted by Gasteiger charge is 2.14. The third kappa shape index (κ3) is 3.92. The molecule has 0 fully saturated rings. The molecule has 2 aromatic rings. The van der Waals surface area contributed by atoms with E-state index in [-0.39, 0.29) is 12.5 Å². The molecule has 0 spiro atoms. The van der Waals surface area contributed by atoms with Crippen LogP contribution in [0.25, 0.3) is 0 Å². The Morgan fingerprint density at radius 1 is 1.09 bits per heavy atom. The fraction of sp³-hybridized carbons (Fsp3) is 0.350. The average molecular weight is 309 g/mol. The van der Waals surface area contributed by atoms with Crippen LogP contribution in [0.1, 0.15) is 35.1 Å². The lowest BCUT2D eigenvalue weighted by molar-refractivity contribution is -0.123. The van der Waals surface area contributed by atoms with E-state index in [1.807, 2.05) is 43.3 Å². The van der Waals surface area contributed by atoms with E-state index in [0.717, 1.165) is 24.2 Å². The summed E-state index contributed by atoms with van der Waals surface area (Å²) in [7, 11) is 0. The standard InChI is InChI=1S/C20H23NO2/c1-15-7-2-3-9-17(15)13-21-20(22)14-23-19-12-6-10-16-8-4-5-11-18(16)19/h2-3,6-7,9-10,12H,4-5,8,11,13-14H2,1H3,(H,21,22). The van der Waals surface area contributed by atoms with Gasteiger partial charge in [0.15, 0.2) is 6.61 Å². The van der Waals surface area contributed by atoms with E-state index in [4.69, 9.17) is 4.74 Å². The molecule has 3 nitrogen and oxygen atoms in total. The number of carbonyl (C=O) groups excluding carboxylic acids is 1. The molecule has 1 aliphatic carbocycles. The lowest BCUT2D eigenvalue weighted by Crippen LogP contribution is -2.28. The number of benzene rings is 2. The van der Waals surface area contributed by atoms with Crippen LogP contribution in [0.3, 0.4) is 0 Å². The molecule has 0 aromatic heterocycles. The monoisotopic (exact) mass is 309 g/mol. The zero-order valence-electron chi connectivity index (χ0n) is 13.6. The third-order valence-corrected chi connectivity index (χ3v) is 4.45. The molecule has 0 saturated heterocycles. The Morgan fingerprint density at radius 2 is 1.91 bits per heavy atom. The van der Waals surface area contributed by atoms with Crippen LogP contribution >= 0.6 is 0 Å². The van der Waals surface area contributed by atoms with E-state index in [1.54, 1.807) is 0 Å². The fourth-order valence-electron chi connectivity index (χ4n) is 3.08. The molecule has 1 aliphatic rings. The number of amides is 1. The van der Waals surface area contributed by atoms with Crippen molar-refractivity contribution in [1.82, 2.24) is 5.32 Å². The van der Waals surface area contributed by atoms with Crippen LogP contribution in [0.15, 0.2) is 42.5 Å². The third-order valence-electron chi connectivity index (χ3n) is 4.45. The van der Waals surface area contributed by atoms with Crippen LogP contribution in [-0.2, 0) is 24.2 Å². The van der Waals surface area contributed by atoms with E-state index in [1.165, 1.54) is 29.5 Å². The van der Waals surface area contributed by atoms with Gasteiger partial charge in [0.25, 0.3) is 5.91 Å². The van der Waals surface area contributed by atoms with Gasteiger partial charge in [0.05, 0.1) is 0 Å². The maximum absolute atomic E-state index is 12.0. The van der Waals surface area contributed by atoms with E-state index in [2.05, 4.69) is 11.4 Å². The number of ether oxygens (including phenoxy) is 1. The van der Waals surface area contributed by atoms with Crippen molar-refractivity contribution in [2.24, 2.45) is 0 Å². The summed E-state index contributed by atoms with van der Waals surface area (Å²) >= 11 is 0. The molecule has 0 unspecified atom stereocenters. The first-order valence-corrected chi connectivity index (χ1v) is 8.29. The number of aryl methyl sites for hydroxylation is 2. The fourth-order valence-corrected chi connectivity index (χ4v) is 3.08. The van der Waals surface area contributed by atoms with Crippen molar-refractivity contribution in [3.05, 3.63) is 64.7 Å². The molecule has 0 aliphatic heterocycles. The molecule has 0 atom stereocenters. The number of hydrogen-bond donors (Lipinski definition) is 1. The molecule has 0 heterocycles. The van der Waals surface area contributed by atoms with E-state index in [9.17, 15) is 4.79 Å². The first-order chi connectivity index (χ1) is 11.2. The molecule has 3 rings (SSSR count). The van der Waals surface area contributed by atoms with Gasteiger partial charge < -0.3 is 10.1 Å². The molecular weight excluding hydrogens is 286 g/mol. The highest BCUT2D eigenvalue weighted by molar-refractivity contribution is 5.77. The Morgan fingerprint density at radius 3 is 2.78 bits per heavy atom. The molecule has 3 heteroatoms. The molecule has 1 amide bonds. The smallest absolute Gasteiger partial charge is 0.258 e. The Labute approximate surface area is 137 Å². The highest BCUT2D eigenvalue weighted by Crippen LogP contribution is 2.29. The van der Waals surface area contributed by atoms with Crippen molar-refractivity contribution in [1.29, 1.82) is 0 Å². The van der Waals surface area contributed by atoms with E-state index < -0.39 is 0 Å². The van der Waals surface area contributed by atoms with Crippen LogP contribution in [0.5, 0.6) is 5.75 Å². The Hall–Kier alpha value is -2.29. The molecule has 120 valence electrons. The van der Waals surface area contributed by atoms with Crippen molar-refractivity contribution in [2.75, 3.05) is 6.61 Å². The maximum Gasteiger partial charge on any atom is 0.258 e. The number of nitrogens with one attached hydrogen (secondary N) is 1. The van der Waals surface area contributed by atoms with Crippen LogP contribution in [-0.4, -0.2) is 12.5 Å². The second-order valence-electron chi connectivity index (χ2n) is 6.09. The molecule has 1 N–H and O–H groups in total. The van der Waals surface area contributed by atoms with Crippen LogP contribution in [0.2, 0.25) is 0 Å². The predicted octanol–water partition coefficient (Wildman–Crippen LogP) is 3.57. The molecule has 0 bridgehead atoms. The zero-order valence-corrected chi connectivity index (χ0v) is 13.6. The molecule has 2 aromatic carbocycles. The topological polar surface area (TPSA) is 38.3 Å². The lowest BCUT2D eigenvalue weighted by Gasteiger charge is -2.19. The van der Waals surface area contributed by atoms with E-state index >= 15 is 0 Å². The van der Waals surface area contributed by atoms with Gasteiger partial charge in [-0.25, -0.2) is 0 Å². The van der Waals surface area contributed by atoms with Gasteiger partial charge in [-0.2, -0.15) is 0 Å². The summed E-state index contributed by atoms with van der Waals surface area (Å²) in [4.78, 5) is 12.0. The molecule has 0 saturated carbocycles. The SMILES string of the molecule is Cc1ccccc1CNC(=O)COc1cccc2c1CCCC2. The first-order valence-electron chi connectivity index (χ1n) is 8.29. The highest BCUT2D eigenvalue weighted by atomic mass is 16.5. The number of fused-ring (bicyclic) bond motifs is 1. The van der Waals surface area contributed by atoms with Crippen molar-refractivity contribution >= 4 is 5.91 Å². The van der Waals surface area contributed by atoms with Gasteiger partial charge in [-0.1, -0.05) is 36.4 Å². The predicted molar refractivity (Wildman–Crippen MR) is 91.6 cm³/mol. The van der Waals surface area contributed by atoms with Gasteiger partial charge >= 0.3 is 0 Å². The Kier molecular flexibility index (Phi) is 4.96. The number of hydrogen-bond acceptors (Lipinski definition) is 2. The summed E-state index contributed by atoms with van der Waals surface area (Å²) in [5, 5.41) is 2.93. The minimum atomic E-state index is -0.0818. The number of carbonyl (C=O) groups is 1. The van der Waals surface area contributed by atoms with Crippen LogP contribution in [0, 0.1) is 6.92 Å². The lowest BCUT2D eigenvalue weighted by atomic mass is 9.91. The van der Waals surface area contributed by atoms with Crippen LogP contribution in [0.4, 0.5) is 0 Å². The van der Waals surface area contributed by atoms with Gasteiger partial charge in [0, 0.05) is 6.54 Å². The number of rotatable bonds is 5. The van der Waals surface area contributed by atoms with Gasteiger partial charge in [-0.3, -0.25) is 4.79 Å². The minimum absolute atomic E-state index is 0.0718. The van der Waals surface area contributed by atoms with Gasteiger partial charge in [0.2, 0.25) is 0 Å². The molecule has 23 heavy (non-hydrogen) atoms. The summed E-state index contributed by atoms with van der Waals surface area (Å²) < 4.78 is 5.77. The van der Waals surface area contributed by atoms with Crippen molar-refractivity contribution < 1.29 is 9.53 Å². The minimum Gasteiger partial charge on any atom is -0.483 e. The second kappa shape index (κ2) is 7.32. The second-order valence-corrected chi connectivity index (χ2v) is 6.09. The summed E-state index contributed by atoms with van der Waals surface area (Å²) in [6, 6.07) is 14.2. The van der Waals surface area contributed by atoms with Crippen molar-refractivity contribution in [3.8, 4) is 5.75 Å². The Balaban J connectivity index is 1.54. The van der Waals surface area contributed by atoms with Crippen LogP contribution < -0.4 is 10.1 Å².